The lowest BCUT2D eigenvalue weighted by atomic mass is 9.63. The molecule has 0 spiro atoms. The van der Waals surface area contributed by atoms with Gasteiger partial charge in [0.2, 0.25) is 5.78 Å². The van der Waals surface area contributed by atoms with Crippen molar-refractivity contribution in [1.82, 2.24) is 4.90 Å². The Labute approximate surface area is 192 Å². The van der Waals surface area contributed by atoms with Crippen LogP contribution in [0.15, 0.2) is 39.7 Å². The summed E-state index contributed by atoms with van der Waals surface area (Å²) in [5.41, 5.74) is 1.90. The Morgan fingerprint density at radius 1 is 1.31 bits per heavy atom. The Balaban J connectivity index is 1.98. The molecule has 3 aliphatic rings. The monoisotopic (exact) mass is 481 g/mol. The van der Waals surface area contributed by atoms with Crippen LogP contribution in [0.4, 0.5) is 0 Å². The Kier molecular flexibility index (Phi) is 5.32. The zero-order valence-electron chi connectivity index (χ0n) is 17.4. The number of hydrogen-bond acceptors (Lipinski definition) is 8. The number of ketones is 2. The largest absolute Gasteiger partial charge is 0.510 e. The predicted molar refractivity (Wildman–Crippen MR) is 117 cm³/mol. The maximum absolute atomic E-state index is 13.5. The number of rotatable bonds is 3. The first kappa shape index (κ1) is 22.7. The molecule has 0 fully saturated rings. The number of nitrogens with two attached hydrogens (primary N) is 1. The average molecular weight is 482 g/mol. The molecule has 32 heavy (non-hydrogen) atoms. The molecule has 1 aromatic carbocycles. The summed E-state index contributed by atoms with van der Waals surface area (Å²) in [6.07, 6.45) is 0.0564. The summed E-state index contributed by atoms with van der Waals surface area (Å²) in [6.45, 7) is 0. The molecule has 9 nitrogen and oxygen atoms in total. The minimum atomic E-state index is -2.61. The zero-order valence-corrected chi connectivity index (χ0v) is 19.1. The minimum Gasteiger partial charge on any atom is -0.510 e. The van der Waals surface area contributed by atoms with E-state index in [-0.39, 0.29) is 23.3 Å². The van der Waals surface area contributed by atoms with Crippen molar-refractivity contribution < 1.29 is 34.4 Å². The topological polar surface area (TPSA) is 150 Å². The van der Waals surface area contributed by atoms with Crippen LogP contribution in [0.25, 0.3) is 0 Å². The molecule has 171 valence electrons. The first-order valence-corrected chi connectivity index (χ1v) is 11.0. The van der Waals surface area contributed by atoms with E-state index in [1.54, 1.807) is 20.2 Å². The smallest absolute Gasteiger partial charge is 0.255 e. The van der Waals surface area contributed by atoms with Crippen molar-refractivity contribution in [2.45, 2.75) is 28.2 Å². The van der Waals surface area contributed by atoms with Gasteiger partial charge in [0.05, 0.1) is 29.3 Å². The number of benzene rings is 1. The Bertz CT molecular complexity index is 1150. The number of ether oxygens (including phenoxy) is 1. The number of primary amides is 1. The zero-order chi connectivity index (χ0) is 23.7. The van der Waals surface area contributed by atoms with E-state index in [0.29, 0.717) is 21.7 Å². The van der Waals surface area contributed by atoms with Crippen LogP contribution in [0, 0.1) is 5.92 Å². The lowest BCUT2D eigenvalue weighted by Gasteiger charge is -2.50. The summed E-state index contributed by atoms with van der Waals surface area (Å²) in [5, 5.41) is 33.1. The SMILES string of the molecule is COc1ccc(Cl)c2c1C(=O)C1=C(O)C3(O)C(=O)C(C(N)=O)=C(O)C(N(C)C)C3CC1[SH]2. The van der Waals surface area contributed by atoms with E-state index in [2.05, 4.69) is 0 Å². The number of carbonyl (C=O) groups excluding carboxylic acids is 3. The number of thiol groups is 1. The second-order valence-electron chi connectivity index (χ2n) is 8.18. The van der Waals surface area contributed by atoms with Crippen molar-refractivity contribution in [3.63, 3.8) is 0 Å². The number of carbonyl (C=O) groups is 3. The summed E-state index contributed by atoms with van der Waals surface area (Å²) in [7, 11) is 4.57. The van der Waals surface area contributed by atoms with E-state index in [1.807, 2.05) is 0 Å². The molecule has 1 aromatic rings. The van der Waals surface area contributed by atoms with Crippen molar-refractivity contribution in [3.8, 4) is 5.75 Å². The number of likely N-dealkylation sites (N-methyl/N-ethyl adjacent to an activating group) is 1. The van der Waals surface area contributed by atoms with Gasteiger partial charge in [-0.1, -0.05) is 11.6 Å². The average Bonchev–Trinajstić information content (AvgIpc) is 2.71. The molecule has 1 heterocycles. The third-order valence-electron chi connectivity index (χ3n) is 6.32. The van der Waals surface area contributed by atoms with Crippen molar-refractivity contribution in [1.29, 1.82) is 0 Å². The van der Waals surface area contributed by atoms with E-state index < -0.39 is 57.4 Å². The number of hydrogen-bond donors (Lipinski definition) is 5. The Morgan fingerprint density at radius 3 is 2.53 bits per heavy atom. The molecule has 4 rings (SSSR count). The fourth-order valence-corrected chi connectivity index (χ4v) is 6.77. The molecule has 4 unspecified atom stereocenters. The highest BCUT2D eigenvalue weighted by Crippen LogP contribution is 2.55. The lowest BCUT2D eigenvalue weighted by molar-refractivity contribution is -0.147. The number of aliphatic hydroxyl groups is 3. The molecule has 1 radical (unpaired) electrons. The molecule has 0 aromatic heterocycles. The summed E-state index contributed by atoms with van der Waals surface area (Å²) in [5.74, 6) is -5.31. The van der Waals surface area contributed by atoms with Gasteiger partial charge in [0, 0.05) is 16.1 Å². The number of halogens is 1. The maximum Gasteiger partial charge on any atom is 0.255 e. The molecule has 0 saturated carbocycles. The second kappa shape index (κ2) is 7.51. The number of fused-ring (bicyclic) bond motifs is 3. The van der Waals surface area contributed by atoms with Crippen LogP contribution in [0.3, 0.4) is 0 Å². The van der Waals surface area contributed by atoms with Gasteiger partial charge in [-0.15, -0.1) is 0 Å². The molecule has 5 N–H and O–H groups in total. The summed E-state index contributed by atoms with van der Waals surface area (Å²) < 4.78 is 5.29. The molecule has 1 aliphatic heterocycles. The highest BCUT2D eigenvalue weighted by molar-refractivity contribution is 8.00. The Hall–Kier alpha value is -2.53. The summed E-state index contributed by atoms with van der Waals surface area (Å²) in [4.78, 5) is 40.6. The quantitative estimate of drug-likeness (QED) is 0.318. The highest BCUT2D eigenvalue weighted by Gasteiger charge is 2.63. The second-order valence-corrected chi connectivity index (χ2v) is 9.92. The van der Waals surface area contributed by atoms with Crippen molar-refractivity contribution >= 4 is 40.8 Å². The molecular weight excluding hydrogens is 460 g/mol. The van der Waals surface area contributed by atoms with Gasteiger partial charge >= 0.3 is 0 Å². The molecule has 0 saturated heterocycles. The normalized spacial score (nSPS) is 29.6. The van der Waals surface area contributed by atoms with Crippen LogP contribution < -0.4 is 10.5 Å². The van der Waals surface area contributed by atoms with Crippen LogP contribution >= 0.6 is 23.4 Å². The van der Waals surface area contributed by atoms with Crippen molar-refractivity contribution in [2.24, 2.45) is 11.7 Å². The van der Waals surface area contributed by atoms with Crippen molar-refractivity contribution in [2.75, 3.05) is 21.2 Å². The first-order valence-electron chi connectivity index (χ1n) is 9.68. The van der Waals surface area contributed by atoms with Crippen LogP contribution in [-0.2, 0) is 9.59 Å². The maximum atomic E-state index is 13.5. The van der Waals surface area contributed by atoms with Gasteiger partial charge in [-0.25, -0.2) is 0 Å². The van der Waals surface area contributed by atoms with E-state index >= 15 is 0 Å². The highest BCUT2D eigenvalue weighted by atomic mass is 35.5. The molecule has 2 aliphatic carbocycles. The van der Waals surface area contributed by atoms with E-state index in [9.17, 15) is 29.7 Å². The number of amides is 1. The van der Waals surface area contributed by atoms with Crippen LogP contribution in [0.2, 0.25) is 5.02 Å². The van der Waals surface area contributed by atoms with Gasteiger partial charge in [-0.2, -0.15) is 11.8 Å². The van der Waals surface area contributed by atoms with Gasteiger partial charge in [0.1, 0.15) is 22.8 Å². The number of Topliss-reactive ketones (excluding diaryl/α,β-unsaturated/α-hetero) is 2. The number of aliphatic hydroxyl groups excluding tert-OH is 2. The van der Waals surface area contributed by atoms with Crippen LogP contribution in [0.1, 0.15) is 16.8 Å². The number of nitrogens with zero attached hydrogens (tertiary/aromatic N) is 1. The standard InChI is InChI=1S/C21H22ClN2O7S/c1-24(2)14-7-6-10-12(15(25)11-9(31-3)5-4-8(22)17(11)32-10)18(27)21(7,30)19(28)13(16(14)26)20(23)29/h4-5,7,10,14,26-27,30,32H,6H2,1-3H3,(H2,23,29). The third-order valence-corrected chi connectivity index (χ3v) is 8.27. The van der Waals surface area contributed by atoms with E-state index in [0.717, 1.165) is 0 Å². The summed E-state index contributed by atoms with van der Waals surface area (Å²) in [6, 6.07) is 2.12. The Morgan fingerprint density at radius 2 is 1.97 bits per heavy atom. The predicted octanol–water partition coefficient (Wildman–Crippen LogP) is 1.11. The molecular formula is C21H22ClN2O7S. The fourth-order valence-electron chi connectivity index (χ4n) is 4.92. The van der Waals surface area contributed by atoms with Crippen molar-refractivity contribution in [3.05, 3.63) is 45.4 Å². The molecule has 1 amide bonds. The van der Waals surface area contributed by atoms with Gasteiger partial charge < -0.3 is 25.8 Å². The van der Waals surface area contributed by atoms with E-state index in [4.69, 9.17) is 22.1 Å². The van der Waals surface area contributed by atoms with Crippen LogP contribution in [-0.4, -0.2) is 75.8 Å². The van der Waals surface area contributed by atoms with Gasteiger partial charge in [0.15, 0.2) is 11.4 Å². The first-order chi connectivity index (χ1) is 15.0. The molecule has 0 bridgehead atoms. The van der Waals surface area contributed by atoms with Gasteiger partial charge in [-0.05, 0) is 32.6 Å². The fraction of sp³-hybridized carbons (Fsp3) is 0.381. The summed E-state index contributed by atoms with van der Waals surface area (Å²) >= 11 is 6.91. The van der Waals surface area contributed by atoms with E-state index in [1.165, 1.54) is 18.1 Å². The minimum absolute atomic E-state index is 0.0564. The number of methoxy groups -OCH3 is 1. The van der Waals surface area contributed by atoms with Gasteiger partial charge in [0.25, 0.3) is 5.91 Å². The molecule has 4 atom stereocenters. The van der Waals surface area contributed by atoms with Crippen LogP contribution in [0.5, 0.6) is 5.75 Å². The van der Waals surface area contributed by atoms with Gasteiger partial charge in [-0.3, -0.25) is 19.3 Å². The third kappa shape index (κ3) is 2.83. The molecule has 11 heteroatoms. The lowest BCUT2D eigenvalue weighted by Crippen LogP contribution is -2.64.